The molecule has 19 heavy (non-hydrogen) atoms. The van der Waals surface area contributed by atoms with E-state index in [0.29, 0.717) is 6.04 Å². The maximum Gasteiger partial charge on any atom is 0.237 e. The standard InChI is InChI=1S/C16H28N2O/c1-16(9-5-2-6-10-16)18-15(19)14-11-12-7-3-4-8-13(12)17-14/h12-14,17H,2-11H2,1H3,(H,18,19). The van der Waals surface area contributed by atoms with Crippen molar-refractivity contribution >= 4 is 5.91 Å². The van der Waals surface area contributed by atoms with Crippen LogP contribution in [0, 0.1) is 5.92 Å². The third-order valence-corrected chi connectivity index (χ3v) is 5.56. The number of rotatable bonds is 2. The Hall–Kier alpha value is -0.570. The lowest BCUT2D eigenvalue weighted by atomic mass is 9.83. The molecule has 3 aliphatic rings. The van der Waals surface area contributed by atoms with Crippen molar-refractivity contribution in [1.82, 2.24) is 10.6 Å². The van der Waals surface area contributed by atoms with E-state index in [-0.39, 0.29) is 17.5 Å². The zero-order valence-electron chi connectivity index (χ0n) is 12.2. The van der Waals surface area contributed by atoms with E-state index in [1.54, 1.807) is 0 Å². The van der Waals surface area contributed by atoms with Crippen molar-refractivity contribution in [3.05, 3.63) is 0 Å². The lowest BCUT2D eigenvalue weighted by Crippen LogP contribution is -2.53. The summed E-state index contributed by atoms with van der Waals surface area (Å²) in [7, 11) is 0. The molecular formula is C16H28N2O. The molecule has 3 nitrogen and oxygen atoms in total. The average molecular weight is 264 g/mol. The fourth-order valence-electron chi connectivity index (χ4n) is 4.36. The van der Waals surface area contributed by atoms with Gasteiger partial charge in [0.05, 0.1) is 6.04 Å². The third-order valence-electron chi connectivity index (χ3n) is 5.56. The monoisotopic (exact) mass is 264 g/mol. The molecule has 3 heteroatoms. The summed E-state index contributed by atoms with van der Waals surface area (Å²) in [5.41, 5.74) is 0.0603. The first kappa shape index (κ1) is 13.4. The van der Waals surface area contributed by atoms with E-state index >= 15 is 0 Å². The summed E-state index contributed by atoms with van der Waals surface area (Å²) in [6.45, 7) is 2.23. The van der Waals surface area contributed by atoms with Crippen LogP contribution in [-0.4, -0.2) is 23.5 Å². The predicted molar refractivity (Wildman–Crippen MR) is 76.9 cm³/mol. The molecular weight excluding hydrogens is 236 g/mol. The molecule has 1 saturated heterocycles. The Kier molecular flexibility index (Phi) is 3.84. The van der Waals surface area contributed by atoms with Gasteiger partial charge < -0.3 is 10.6 Å². The van der Waals surface area contributed by atoms with Crippen molar-refractivity contribution < 1.29 is 4.79 Å². The van der Waals surface area contributed by atoms with Crippen LogP contribution in [0.25, 0.3) is 0 Å². The first-order chi connectivity index (χ1) is 9.16. The second kappa shape index (κ2) is 5.43. The quantitative estimate of drug-likeness (QED) is 0.805. The van der Waals surface area contributed by atoms with Crippen LogP contribution in [0.5, 0.6) is 0 Å². The lowest BCUT2D eigenvalue weighted by molar-refractivity contribution is -0.125. The third kappa shape index (κ3) is 2.96. The fourth-order valence-corrected chi connectivity index (χ4v) is 4.36. The number of amides is 1. The Labute approximate surface area is 116 Å². The van der Waals surface area contributed by atoms with Crippen molar-refractivity contribution in [2.45, 2.75) is 88.8 Å². The number of hydrogen-bond donors (Lipinski definition) is 2. The van der Waals surface area contributed by atoms with Gasteiger partial charge in [-0.05, 0) is 44.9 Å². The molecule has 1 amide bonds. The van der Waals surface area contributed by atoms with Crippen LogP contribution < -0.4 is 10.6 Å². The van der Waals surface area contributed by atoms with Gasteiger partial charge in [0.2, 0.25) is 5.91 Å². The Balaban J connectivity index is 1.56. The van der Waals surface area contributed by atoms with Gasteiger partial charge >= 0.3 is 0 Å². The van der Waals surface area contributed by atoms with E-state index in [1.165, 1.54) is 44.9 Å². The largest absolute Gasteiger partial charge is 0.350 e. The molecule has 3 fully saturated rings. The minimum absolute atomic E-state index is 0.0603. The smallest absolute Gasteiger partial charge is 0.237 e. The van der Waals surface area contributed by atoms with Crippen LogP contribution in [0.1, 0.15) is 71.1 Å². The summed E-state index contributed by atoms with van der Waals surface area (Å²) >= 11 is 0. The first-order valence-electron chi connectivity index (χ1n) is 8.24. The van der Waals surface area contributed by atoms with Crippen molar-refractivity contribution in [2.75, 3.05) is 0 Å². The van der Waals surface area contributed by atoms with Gasteiger partial charge in [0.25, 0.3) is 0 Å². The lowest BCUT2D eigenvalue weighted by Gasteiger charge is -2.35. The normalized spacial score (nSPS) is 37.6. The number of nitrogens with one attached hydrogen (secondary N) is 2. The SMILES string of the molecule is CC1(NC(=O)C2CC3CCCCC3N2)CCCCC1. The average Bonchev–Trinajstić information content (AvgIpc) is 2.83. The molecule has 0 aromatic carbocycles. The van der Waals surface area contributed by atoms with Crippen LogP contribution >= 0.6 is 0 Å². The maximum absolute atomic E-state index is 12.5. The van der Waals surface area contributed by atoms with Crippen LogP contribution in [0.2, 0.25) is 0 Å². The van der Waals surface area contributed by atoms with E-state index in [9.17, 15) is 4.79 Å². The molecule has 2 aliphatic carbocycles. The summed E-state index contributed by atoms with van der Waals surface area (Å²) in [4.78, 5) is 12.5. The second-order valence-electron chi connectivity index (χ2n) is 7.22. The molecule has 0 bridgehead atoms. The number of carbonyl (C=O) groups is 1. The Bertz CT molecular complexity index is 322. The summed E-state index contributed by atoms with van der Waals surface area (Å²) in [5.74, 6) is 1.02. The van der Waals surface area contributed by atoms with Crippen molar-refractivity contribution in [3.8, 4) is 0 Å². The van der Waals surface area contributed by atoms with Crippen molar-refractivity contribution in [2.24, 2.45) is 5.92 Å². The van der Waals surface area contributed by atoms with Crippen LogP contribution in [-0.2, 0) is 4.79 Å². The highest BCUT2D eigenvalue weighted by Crippen LogP contribution is 2.34. The summed E-state index contributed by atoms with van der Waals surface area (Å²) in [6, 6.07) is 0.690. The number of carbonyl (C=O) groups excluding carboxylic acids is 1. The highest BCUT2D eigenvalue weighted by molar-refractivity contribution is 5.83. The van der Waals surface area contributed by atoms with Crippen LogP contribution in [0.15, 0.2) is 0 Å². The predicted octanol–water partition coefficient (Wildman–Crippen LogP) is 2.75. The van der Waals surface area contributed by atoms with Gasteiger partial charge in [-0.25, -0.2) is 0 Å². The fraction of sp³-hybridized carbons (Fsp3) is 0.938. The zero-order valence-corrected chi connectivity index (χ0v) is 12.2. The molecule has 3 rings (SSSR count). The van der Waals surface area contributed by atoms with Gasteiger partial charge in [0, 0.05) is 11.6 Å². The van der Waals surface area contributed by atoms with Gasteiger partial charge in [-0.3, -0.25) is 4.79 Å². The summed E-state index contributed by atoms with van der Waals surface area (Å²) < 4.78 is 0. The van der Waals surface area contributed by atoms with Crippen LogP contribution in [0.4, 0.5) is 0 Å². The molecule has 3 atom stereocenters. The maximum atomic E-state index is 12.5. The molecule has 1 aliphatic heterocycles. The Morgan fingerprint density at radius 1 is 1.11 bits per heavy atom. The summed E-state index contributed by atoms with van der Waals surface area (Å²) in [5, 5.41) is 6.93. The second-order valence-corrected chi connectivity index (χ2v) is 7.22. The van der Waals surface area contributed by atoms with Gasteiger partial charge in [-0.1, -0.05) is 32.1 Å². The van der Waals surface area contributed by atoms with E-state index < -0.39 is 0 Å². The topological polar surface area (TPSA) is 41.1 Å². The van der Waals surface area contributed by atoms with Crippen molar-refractivity contribution in [1.29, 1.82) is 0 Å². The molecule has 0 radical (unpaired) electrons. The number of hydrogen-bond acceptors (Lipinski definition) is 2. The number of fused-ring (bicyclic) bond motifs is 1. The first-order valence-corrected chi connectivity index (χ1v) is 8.24. The van der Waals surface area contributed by atoms with E-state index in [4.69, 9.17) is 0 Å². The minimum atomic E-state index is 0.0603. The van der Waals surface area contributed by atoms with Gasteiger partial charge in [-0.2, -0.15) is 0 Å². The van der Waals surface area contributed by atoms with E-state index in [1.807, 2.05) is 0 Å². The summed E-state index contributed by atoms with van der Waals surface area (Å²) in [6.07, 6.45) is 12.5. The molecule has 108 valence electrons. The zero-order chi connectivity index (χ0) is 13.3. The molecule has 0 aromatic heterocycles. The Morgan fingerprint density at radius 3 is 2.58 bits per heavy atom. The highest BCUT2D eigenvalue weighted by atomic mass is 16.2. The molecule has 2 saturated carbocycles. The van der Waals surface area contributed by atoms with Crippen LogP contribution in [0.3, 0.4) is 0 Å². The molecule has 3 unspecified atom stereocenters. The highest BCUT2D eigenvalue weighted by Gasteiger charge is 2.40. The van der Waals surface area contributed by atoms with Gasteiger partial charge in [0.15, 0.2) is 0 Å². The molecule has 0 aromatic rings. The van der Waals surface area contributed by atoms with Crippen molar-refractivity contribution in [3.63, 3.8) is 0 Å². The van der Waals surface area contributed by atoms with Gasteiger partial charge in [-0.15, -0.1) is 0 Å². The van der Waals surface area contributed by atoms with E-state index in [2.05, 4.69) is 17.6 Å². The molecule has 1 heterocycles. The molecule has 2 N–H and O–H groups in total. The van der Waals surface area contributed by atoms with Gasteiger partial charge in [0.1, 0.15) is 0 Å². The minimum Gasteiger partial charge on any atom is -0.350 e. The molecule has 0 spiro atoms. The Morgan fingerprint density at radius 2 is 1.84 bits per heavy atom. The van der Waals surface area contributed by atoms with E-state index in [0.717, 1.165) is 25.2 Å².